The van der Waals surface area contributed by atoms with Gasteiger partial charge in [-0.15, -0.1) is 0 Å². The lowest BCUT2D eigenvalue weighted by atomic mass is 9.97. The minimum atomic E-state index is 0.402. The SMILES string of the molecule is CCNC(c1ccc(C)cc1)C(C)N(CC)CC(C)C. The van der Waals surface area contributed by atoms with Gasteiger partial charge in [0.15, 0.2) is 0 Å². The molecule has 0 spiro atoms. The fraction of sp³-hybridized carbons (Fsp3) is 0.667. The number of nitrogens with zero attached hydrogens (tertiary/aromatic N) is 1. The van der Waals surface area contributed by atoms with Gasteiger partial charge in [0, 0.05) is 18.6 Å². The van der Waals surface area contributed by atoms with Gasteiger partial charge in [0.1, 0.15) is 0 Å². The van der Waals surface area contributed by atoms with Crippen molar-refractivity contribution in [3.63, 3.8) is 0 Å². The van der Waals surface area contributed by atoms with Crippen molar-refractivity contribution in [1.82, 2.24) is 10.2 Å². The first kappa shape index (κ1) is 17.2. The van der Waals surface area contributed by atoms with Gasteiger partial charge in [0.2, 0.25) is 0 Å². The Labute approximate surface area is 125 Å². The Kier molecular flexibility index (Phi) is 7.25. The topological polar surface area (TPSA) is 15.3 Å². The number of aryl methyl sites for hydroxylation is 1. The molecule has 2 atom stereocenters. The Morgan fingerprint density at radius 2 is 1.65 bits per heavy atom. The molecule has 2 nitrogen and oxygen atoms in total. The van der Waals surface area contributed by atoms with Gasteiger partial charge in [-0.2, -0.15) is 0 Å². The first-order valence-corrected chi connectivity index (χ1v) is 8.03. The highest BCUT2D eigenvalue weighted by Crippen LogP contribution is 2.22. The number of rotatable bonds is 8. The molecule has 0 aromatic heterocycles. The molecule has 0 amide bonds. The van der Waals surface area contributed by atoms with Gasteiger partial charge in [-0.3, -0.25) is 4.90 Å². The first-order valence-electron chi connectivity index (χ1n) is 8.03. The van der Waals surface area contributed by atoms with Crippen LogP contribution >= 0.6 is 0 Å². The molecule has 1 N–H and O–H groups in total. The standard InChI is InChI=1S/C18H32N2/c1-7-19-18(17-11-9-15(5)10-12-17)16(6)20(8-2)13-14(3)4/h9-12,14,16,18-19H,7-8,13H2,1-6H3. The van der Waals surface area contributed by atoms with Crippen molar-refractivity contribution in [2.45, 2.75) is 53.6 Å². The number of likely N-dealkylation sites (N-methyl/N-ethyl adjacent to an activating group) is 2. The summed E-state index contributed by atoms with van der Waals surface area (Å²) in [5.74, 6) is 0.706. The highest BCUT2D eigenvalue weighted by Gasteiger charge is 2.23. The van der Waals surface area contributed by atoms with E-state index in [1.54, 1.807) is 0 Å². The number of hydrogen-bond donors (Lipinski definition) is 1. The lowest BCUT2D eigenvalue weighted by Gasteiger charge is -2.36. The largest absolute Gasteiger partial charge is 0.309 e. The molecule has 2 heteroatoms. The van der Waals surface area contributed by atoms with Crippen LogP contribution in [0.15, 0.2) is 24.3 Å². The molecule has 0 aliphatic heterocycles. The summed E-state index contributed by atoms with van der Waals surface area (Å²) in [4.78, 5) is 2.58. The molecule has 0 saturated carbocycles. The van der Waals surface area contributed by atoms with E-state index in [0.717, 1.165) is 19.6 Å². The zero-order valence-corrected chi connectivity index (χ0v) is 14.1. The molecule has 1 rings (SSSR count). The summed E-state index contributed by atoms with van der Waals surface area (Å²) < 4.78 is 0. The van der Waals surface area contributed by atoms with Crippen molar-refractivity contribution in [1.29, 1.82) is 0 Å². The van der Waals surface area contributed by atoms with E-state index in [9.17, 15) is 0 Å². The third-order valence-corrected chi connectivity index (χ3v) is 3.92. The Morgan fingerprint density at radius 1 is 1.05 bits per heavy atom. The summed E-state index contributed by atoms with van der Waals surface area (Å²) in [7, 11) is 0. The molecule has 0 aliphatic rings. The summed E-state index contributed by atoms with van der Waals surface area (Å²) in [6.45, 7) is 16.8. The molecule has 114 valence electrons. The second-order valence-corrected chi connectivity index (χ2v) is 6.17. The predicted octanol–water partition coefficient (Wildman–Crippen LogP) is 4.01. The summed E-state index contributed by atoms with van der Waals surface area (Å²) in [6, 6.07) is 9.87. The van der Waals surface area contributed by atoms with Crippen LogP contribution in [-0.2, 0) is 0 Å². The van der Waals surface area contributed by atoms with E-state index in [-0.39, 0.29) is 0 Å². The quantitative estimate of drug-likeness (QED) is 0.771. The zero-order valence-electron chi connectivity index (χ0n) is 14.1. The van der Waals surface area contributed by atoms with E-state index < -0.39 is 0 Å². The maximum Gasteiger partial charge on any atom is 0.0475 e. The van der Waals surface area contributed by atoms with Gasteiger partial charge in [0.25, 0.3) is 0 Å². The van der Waals surface area contributed by atoms with Crippen LogP contribution in [0.5, 0.6) is 0 Å². The monoisotopic (exact) mass is 276 g/mol. The smallest absolute Gasteiger partial charge is 0.0475 e. The van der Waals surface area contributed by atoms with Gasteiger partial charge in [-0.05, 0) is 38.4 Å². The van der Waals surface area contributed by atoms with Gasteiger partial charge in [0.05, 0.1) is 0 Å². The normalized spacial score (nSPS) is 14.8. The van der Waals surface area contributed by atoms with Crippen molar-refractivity contribution in [3.05, 3.63) is 35.4 Å². The fourth-order valence-electron chi connectivity index (χ4n) is 2.82. The maximum absolute atomic E-state index is 3.66. The van der Waals surface area contributed by atoms with E-state index in [4.69, 9.17) is 0 Å². The molecule has 1 aromatic rings. The van der Waals surface area contributed by atoms with Crippen LogP contribution in [0.25, 0.3) is 0 Å². The molecule has 0 radical (unpaired) electrons. The van der Waals surface area contributed by atoms with Crippen LogP contribution in [0.2, 0.25) is 0 Å². The highest BCUT2D eigenvalue weighted by molar-refractivity contribution is 5.25. The van der Waals surface area contributed by atoms with E-state index in [1.165, 1.54) is 11.1 Å². The summed E-state index contributed by atoms with van der Waals surface area (Å²) in [5, 5.41) is 3.66. The van der Waals surface area contributed by atoms with Gasteiger partial charge in [-0.1, -0.05) is 57.5 Å². The van der Waals surface area contributed by atoms with Crippen LogP contribution in [0.1, 0.15) is 51.8 Å². The van der Waals surface area contributed by atoms with Crippen LogP contribution in [0, 0.1) is 12.8 Å². The molecule has 0 heterocycles. The molecule has 0 bridgehead atoms. The van der Waals surface area contributed by atoms with Crippen molar-refractivity contribution in [2.24, 2.45) is 5.92 Å². The lowest BCUT2D eigenvalue weighted by molar-refractivity contribution is 0.160. The summed E-state index contributed by atoms with van der Waals surface area (Å²) >= 11 is 0. The fourth-order valence-corrected chi connectivity index (χ4v) is 2.82. The number of nitrogens with one attached hydrogen (secondary N) is 1. The molecular formula is C18H32N2. The van der Waals surface area contributed by atoms with E-state index in [1.807, 2.05) is 0 Å². The zero-order chi connectivity index (χ0) is 15.1. The molecule has 0 fully saturated rings. The van der Waals surface area contributed by atoms with Crippen LogP contribution in [-0.4, -0.2) is 30.6 Å². The van der Waals surface area contributed by atoms with Crippen LogP contribution in [0.3, 0.4) is 0 Å². The molecule has 0 aliphatic carbocycles. The van der Waals surface area contributed by atoms with Gasteiger partial charge >= 0.3 is 0 Å². The minimum Gasteiger partial charge on any atom is -0.309 e. The second-order valence-electron chi connectivity index (χ2n) is 6.17. The number of benzene rings is 1. The van der Waals surface area contributed by atoms with Crippen LogP contribution in [0.4, 0.5) is 0 Å². The summed E-state index contributed by atoms with van der Waals surface area (Å²) in [6.07, 6.45) is 0. The Balaban J connectivity index is 2.90. The summed E-state index contributed by atoms with van der Waals surface area (Å²) in [5.41, 5.74) is 2.72. The van der Waals surface area contributed by atoms with Crippen molar-refractivity contribution < 1.29 is 0 Å². The Bertz CT molecular complexity index is 370. The first-order chi connectivity index (χ1) is 9.49. The number of hydrogen-bond acceptors (Lipinski definition) is 2. The molecule has 1 aromatic carbocycles. The molecular weight excluding hydrogens is 244 g/mol. The average Bonchev–Trinajstić information content (AvgIpc) is 2.42. The maximum atomic E-state index is 3.66. The average molecular weight is 276 g/mol. The van der Waals surface area contributed by atoms with Crippen molar-refractivity contribution in [2.75, 3.05) is 19.6 Å². The molecule has 20 heavy (non-hydrogen) atoms. The van der Waals surface area contributed by atoms with E-state index in [2.05, 4.69) is 76.0 Å². The predicted molar refractivity (Wildman–Crippen MR) is 89.1 cm³/mol. The van der Waals surface area contributed by atoms with Crippen molar-refractivity contribution >= 4 is 0 Å². The third kappa shape index (κ3) is 4.92. The third-order valence-electron chi connectivity index (χ3n) is 3.92. The Hall–Kier alpha value is -0.860. The van der Waals surface area contributed by atoms with Gasteiger partial charge < -0.3 is 5.32 Å². The Morgan fingerprint density at radius 3 is 2.10 bits per heavy atom. The van der Waals surface area contributed by atoms with E-state index in [0.29, 0.717) is 18.0 Å². The van der Waals surface area contributed by atoms with Gasteiger partial charge in [-0.25, -0.2) is 0 Å². The minimum absolute atomic E-state index is 0.402. The molecule has 0 saturated heterocycles. The van der Waals surface area contributed by atoms with Crippen LogP contribution < -0.4 is 5.32 Å². The van der Waals surface area contributed by atoms with Crippen molar-refractivity contribution in [3.8, 4) is 0 Å². The highest BCUT2D eigenvalue weighted by atomic mass is 15.2. The lowest BCUT2D eigenvalue weighted by Crippen LogP contribution is -2.44. The second kappa shape index (κ2) is 8.43. The molecule has 2 unspecified atom stereocenters. The van der Waals surface area contributed by atoms with E-state index >= 15 is 0 Å².